The monoisotopic (exact) mass is 330 g/mol. The van der Waals surface area contributed by atoms with Gasteiger partial charge in [-0.15, -0.1) is 0 Å². The topological polar surface area (TPSA) is 15.3 Å². The summed E-state index contributed by atoms with van der Waals surface area (Å²) in [6, 6.07) is 11.6. The van der Waals surface area contributed by atoms with Crippen LogP contribution in [0.1, 0.15) is 83.3 Å². The fourth-order valence-electron chi connectivity index (χ4n) is 4.04. The van der Waals surface area contributed by atoms with Crippen molar-refractivity contribution in [2.24, 2.45) is 0 Å². The van der Waals surface area contributed by atoms with Gasteiger partial charge in [-0.05, 0) is 76.5 Å². The lowest BCUT2D eigenvalue weighted by Gasteiger charge is -2.34. The lowest BCUT2D eigenvalue weighted by atomic mass is 9.81. The van der Waals surface area contributed by atoms with Crippen molar-refractivity contribution in [2.75, 3.05) is 7.05 Å². The Kier molecular flexibility index (Phi) is 7.77. The van der Waals surface area contributed by atoms with Crippen LogP contribution in [0.4, 0.5) is 0 Å². The molecule has 1 fully saturated rings. The molecule has 2 nitrogen and oxygen atoms in total. The van der Waals surface area contributed by atoms with Gasteiger partial charge in [0.25, 0.3) is 0 Å². The fraction of sp³-hybridized carbons (Fsp3) is 0.727. The van der Waals surface area contributed by atoms with E-state index >= 15 is 0 Å². The zero-order valence-electron chi connectivity index (χ0n) is 16.5. The van der Waals surface area contributed by atoms with Gasteiger partial charge < -0.3 is 5.32 Å². The molecular weight excluding hydrogens is 292 g/mol. The molecule has 1 saturated carbocycles. The highest BCUT2D eigenvalue weighted by molar-refractivity contribution is 5.26. The maximum Gasteiger partial charge on any atom is 0.0239 e. The molecule has 0 heterocycles. The van der Waals surface area contributed by atoms with Crippen LogP contribution in [0.5, 0.6) is 0 Å². The summed E-state index contributed by atoms with van der Waals surface area (Å²) < 4.78 is 0. The quantitative estimate of drug-likeness (QED) is 0.693. The normalized spacial score (nSPS) is 24.1. The summed E-state index contributed by atoms with van der Waals surface area (Å²) in [7, 11) is 2.10. The van der Waals surface area contributed by atoms with E-state index in [1.807, 2.05) is 0 Å². The van der Waals surface area contributed by atoms with Crippen LogP contribution in [-0.4, -0.2) is 30.1 Å². The maximum atomic E-state index is 3.43. The number of benzene rings is 1. The Labute approximate surface area is 150 Å². The second-order valence-corrected chi connectivity index (χ2v) is 7.77. The highest BCUT2D eigenvalue weighted by Gasteiger charge is 2.22. The van der Waals surface area contributed by atoms with E-state index in [2.05, 4.69) is 69.2 Å². The minimum atomic E-state index is 0.649. The van der Waals surface area contributed by atoms with Crippen LogP contribution < -0.4 is 5.32 Å². The van der Waals surface area contributed by atoms with E-state index in [4.69, 9.17) is 0 Å². The number of nitrogens with one attached hydrogen (secondary N) is 1. The Morgan fingerprint density at radius 1 is 0.958 bits per heavy atom. The predicted octanol–water partition coefficient (Wildman–Crippen LogP) is 5.33. The van der Waals surface area contributed by atoms with Gasteiger partial charge in [-0.2, -0.15) is 0 Å². The molecule has 0 aromatic heterocycles. The van der Waals surface area contributed by atoms with Gasteiger partial charge in [-0.3, -0.25) is 4.90 Å². The van der Waals surface area contributed by atoms with E-state index in [9.17, 15) is 0 Å². The fourth-order valence-corrected chi connectivity index (χ4v) is 4.04. The number of hydrogen-bond donors (Lipinski definition) is 1. The SMILES string of the molecule is CCC(C)N(Cc1ccc(C2CCC(NC)CC2)cc1)C(C)CC. The lowest BCUT2D eigenvalue weighted by Crippen LogP contribution is -2.39. The molecule has 0 aliphatic heterocycles. The molecule has 0 radical (unpaired) electrons. The smallest absolute Gasteiger partial charge is 0.0239 e. The van der Waals surface area contributed by atoms with Crippen molar-refractivity contribution in [3.8, 4) is 0 Å². The first-order chi connectivity index (χ1) is 11.6. The third kappa shape index (κ3) is 5.07. The Morgan fingerprint density at radius 2 is 1.50 bits per heavy atom. The zero-order chi connectivity index (χ0) is 17.5. The van der Waals surface area contributed by atoms with Crippen LogP contribution in [-0.2, 0) is 6.54 Å². The van der Waals surface area contributed by atoms with Crippen LogP contribution in [0.3, 0.4) is 0 Å². The zero-order valence-corrected chi connectivity index (χ0v) is 16.5. The largest absolute Gasteiger partial charge is 0.317 e. The highest BCUT2D eigenvalue weighted by Crippen LogP contribution is 2.33. The van der Waals surface area contributed by atoms with Crippen LogP contribution in [0.25, 0.3) is 0 Å². The number of rotatable bonds is 8. The second kappa shape index (κ2) is 9.58. The summed E-state index contributed by atoms with van der Waals surface area (Å²) in [5.41, 5.74) is 3.01. The minimum absolute atomic E-state index is 0.649. The average molecular weight is 331 g/mol. The summed E-state index contributed by atoms with van der Waals surface area (Å²) in [4.78, 5) is 2.66. The summed E-state index contributed by atoms with van der Waals surface area (Å²) in [6.07, 6.45) is 7.74. The van der Waals surface area contributed by atoms with Crippen LogP contribution in [0.2, 0.25) is 0 Å². The van der Waals surface area contributed by atoms with Gasteiger partial charge in [0.2, 0.25) is 0 Å². The van der Waals surface area contributed by atoms with Gasteiger partial charge in [-0.25, -0.2) is 0 Å². The minimum Gasteiger partial charge on any atom is -0.317 e. The first-order valence-electron chi connectivity index (χ1n) is 10.1. The van der Waals surface area contributed by atoms with Gasteiger partial charge in [0.15, 0.2) is 0 Å². The molecule has 136 valence electrons. The molecule has 1 aromatic carbocycles. The second-order valence-electron chi connectivity index (χ2n) is 7.77. The summed E-state index contributed by atoms with van der Waals surface area (Å²) in [5, 5.41) is 3.43. The van der Waals surface area contributed by atoms with Gasteiger partial charge in [0.05, 0.1) is 0 Å². The van der Waals surface area contributed by atoms with E-state index in [0.29, 0.717) is 12.1 Å². The summed E-state index contributed by atoms with van der Waals surface area (Å²) in [6.45, 7) is 10.4. The Bertz CT molecular complexity index is 449. The number of hydrogen-bond acceptors (Lipinski definition) is 2. The van der Waals surface area contributed by atoms with Crippen LogP contribution in [0, 0.1) is 0 Å². The summed E-state index contributed by atoms with van der Waals surface area (Å²) in [5.74, 6) is 0.767. The molecule has 2 atom stereocenters. The van der Waals surface area contributed by atoms with Crippen molar-refractivity contribution in [1.29, 1.82) is 0 Å². The van der Waals surface area contributed by atoms with Crippen molar-refractivity contribution in [2.45, 2.75) is 96.8 Å². The standard InChI is InChI=1S/C22H38N2/c1-6-17(3)24(18(4)7-2)16-19-8-10-20(11-9-19)21-12-14-22(23-5)15-13-21/h8-11,17-18,21-23H,6-7,12-16H2,1-5H3. The molecule has 0 spiro atoms. The lowest BCUT2D eigenvalue weighted by molar-refractivity contribution is 0.137. The predicted molar refractivity (Wildman–Crippen MR) is 106 cm³/mol. The Hall–Kier alpha value is -0.860. The molecule has 2 unspecified atom stereocenters. The van der Waals surface area contributed by atoms with E-state index in [1.165, 1.54) is 44.1 Å². The first-order valence-corrected chi connectivity index (χ1v) is 10.1. The molecule has 1 N–H and O–H groups in total. The van der Waals surface area contributed by atoms with Crippen LogP contribution in [0.15, 0.2) is 24.3 Å². The average Bonchev–Trinajstić information content (AvgIpc) is 2.65. The molecule has 2 heteroatoms. The van der Waals surface area contributed by atoms with Crippen LogP contribution >= 0.6 is 0 Å². The molecule has 1 aliphatic rings. The Morgan fingerprint density at radius 3 is 1.96 bits per heavy atom. The molecule has 0 bridgehead atoms. The maximum absolute atomic E-state index is 3.43. The summed E-state index contributed by atoms with van der Waals surface area (Å²) >= 11 is 0. The van der Waals surface area contributed by atoms with Crippen molar-refractivity contribution in [3.63, 3.8) is 0 Å². The van der Waals surface area contributed by atoms with E-state index in [-0.39, 0.29) is 0 Å². The molecule has 0 amide bonds. The van der Waals surface area contributed by atoms with Crippen molar-refractivity contribution >= 4 is 0 Å². The molecule has 0 saturated heterocycles. The van der Waals surface area contributed by atoms with E-state index in [1.54, 1.807) is 5.56 Å². The van der Waals surface area contributed by atoms with E-state index in [0.717, 1.165) is 18.5 Å². The molecule has 24 heavy (non-hydrogen) atoms. The Balaban J connectivity index is 1.98. The number of nitrogens with zero attached hydrogens (tertiary/aromatic N) is 1. The van der Waals surface area contributed by atoms with Gasteiger partial charge >= 0.3 is 0 Å². The highest BCUT2D eigenvalue weighted by atomic mass is 15.2. The van der Waals surface area contributed by atoms with Gasteiger partial charge in [-0.1, -0.05) is 38.1 Å². The van der Waals surface area contributed by atoms with Gasteiger partial charge in [0, 0.05) is 24.7 Å². The molecular formula is C22H38N2. The van der Waals surface area contributed by atoms with Crippen molar-refractivity contribution in [1.82, 2.24) is 10.2 Å². The van der Waals surface area contributed by atoms with E-state index < -0.39 is 0 Å². The van der Waals surface area contributed by atoms with Gasteiger partial charge in [0.1, 0.15) is 0 Å². The van der Waals surface area contributed by atoms with Crippen molar-refractivity contribution < 1.29 is 0 Å². The first kappa shape index (κ1) is 19.5. The third-order valence-electron chi connectivity index (χ3n) is 6.27. The molecule has 2 rings (SSSR count). The molecule has 1 aromatic rings. The molecule has 1 aliphatic carbocycles. The van der Waals surface area contributed by atoms with Crippen molar-refractivity contribution in [3.05, 3.63) is 35.4 Å². The third-order valence-corrected chi connectivity index (χ3v) is 6.27.